The van der Waals surface area contributed by atoms with Crippen LogP contribution in [0.15, 0.2) is 54.6 Å². The fourth-order valence-corrected chi connectivity index (χ4v) is 2.56. The van der Waals surface area contributed by atoms with Crippen molar-refractivity contribution in [3.8, 4) is 22.5 Å². The fraction of sp³-hybridized carbons (Fsp3) is 0.167. The van der Waals surface area contributed by atoms with Gasteiger partial charge in [0.15, 0.2) is 0 Å². The topological polar surface area (TPSA) is 64.2 Å². The van der Waals surface area contributed by atoms with E-state index in [1.807, 2.05) is 31.9 Å². The SMILES string of the molecule is CN(C)c1ccc(-c2cc(-c3ccc([N+](=O)[O-])cc3)nn2C)cc1. The highest BCUT2D eigenvalue weighted by Gasteiger charge is 2.11. The number of hydrogen-bond acceptors (Lipinski definition) is 4. The molecule has 0 fully saturated rings. The summed E-state index contributed by atoms with van der Waals surface area (Å²) in [5.41, 5.74) is 4.93. The van der Waals surface area contributed by atoms with E-state index in [1.165, 1.54) is 12.1 Å². The number of nitrogens with zero attached hydrogens (tertiary/aromatic N) is 4. The predicted octanol–water partition coefficient (Wildman–Crippen LogP) is 3.73. The van der Waals surface area contributed by atoms with Crippen LogP contribution >= 0.6 is 0 Å². The standard InChI is InChI=1S/C18H18N4O2/c1-20(2)15-8-6-14(7-9-15)18-12-17(19-21(18)3)13-4-10-16(11-5-13)22(23)24/h4-12H,1-3H3. The van der Waals surface area contributed by atoms with Crippen molar-refractivity contribution in [2.45, 2.75) is 0 Å². The molecule has 6 heteroatoms. The zero-order valence-corrected chi connectivity index (χ0v) is 13.8. The van der Waals surface area contributed by atoms with Gasteiger partial charge in [-0.2, -0.15) is 5.10 Å². The highest BCUT2D eigenvalue weighted by Crippen LogP contribution is 2.28. The minimum atomic E-state index is -0.403. The van der Waals surface area contributed by atoms with E-state index >= 15 is 0 Å². The van der Waals surface area contributed by atoms with Crippen LogP contribution in [0.25, 0.3) is 22.5 Å². The van der Waals surface area contributed by atoms with Crippen molar-refractivity contribution in [1.29, 1.82) is 0 Å². The lowest BCUT2D eigenvalue weighted by molar-refractivity contribution is -0.384. The van der Waals surface area contributed by atoms with Crippen LogP contribution in [0, 0.1) is 10.1 Å². The summed E-state index contributed by atoms with van der Waals surface area (Å²) in [6.07, 6.45) is 0. The molecule has 3 rings (SSSR count). The maximum Gasteiger partial charge on any atom is 0.269 e. The molecule has 0 amide bonds. The lowest BCUT2D eigenvalue weighted by Gasteiger charge is -2.12. The normalized spacial score (nSPS) is 10.6. The van der Waals surface area contributed by atoms with E-state index in [4.69, 9.17) is 0 Å². The largest absolute Gasteiger partial charge is 0.378 e. The van der Waals surface area contributed by atoms with Gasteiger partial charge in [0.2, 0.25) is 0 Å². The van der Waals surface area contributed by atoms with Crippen molar-refractivity contribution in [2.24, 2.45) is 7.05 Å². The number of aryl methyl sites for hydroxylation is 1. The van der Waals surface area contributed by atoms with Gasteiger partial charge in [-0.1, -0.05) is 12.1 Å². The van der Waals surface area contributed by atoms with Gasteiger partial charge < -0.3 is 4.90 Å². The van der Waals surface area contributed by atoms with Gasteiger partial charge in [-0.25, -0.2) is 0 Å². The van der Waals surface area contributed by atoms with Crippen molar-refractivity contribution in [1.82, 2.24) is 9.78 Å². The second kappa shape index (κ2) is 6.16. The van der Waals surface area contributed by atoms with Crippen molar-refractivity contribution < 1.29 is 4.92 Å². The van der Waals surface area contributed by atoms with E-state index in [2.05, 4.69) is 34.3 Å². The second-order valence-electron chi connectivity index (χ2n) is 5.78. The molecule has 0 saturated heterocycles. The number of rotatable bonds is 4. The Bertz CT molecular complexity index is 865. The number of benzene rings is 2. The molecule has 1 heterocycles. The smallest absolute Gasteiger partial charge is 0.269 e. The first kappa shape index (κ1) is 15.7. The zero-order valence-electron chi connectivity index (χ0n) is 13.8. The van der Waals surface area contributed by atoms with Crippen LogP contribution in [0.1, 0.15) is 0 Å². The highest BCUT2D eigenvalue weighted by molar-refractivity contribution is 5.70. The van der Waals surface area contributed by atoms with Crippen LogP contribution < -0.4 is 4.90 Å². The summed E-state index contributed by atoms with van der Waals surface area (Å²) in [6, 6.07) is 16.7. The monoisotopic (exact) mass is 322 g/mol. The van der Waals surface area contributed by atoms with Crippen LogP contribution in [0.3, 0.4) is 0 Å². The Hall–Kier alpha value is -3.15. The third kappa shape index (κ3) is 2.99. The van der Waals surface area contributed by atoms with Gasteiger partial charge in [-0.05, 0) is 35.9 Å². The average molecular weight is 322 g/mol. The molecular formula is C18H18N4O2. The zero-order chi connectivity index (χ0) is 17.3. The van der Waals surface area contributed by atoms with Crippen LogP contribution in [-0.4, -0.2) is 28.8 Å². The third-order valence-electron chi connectivity index (χ3n) is 3.93. The van der Waals surface area contributed by atoms with Crippen LogP contribution in [0.4, 0.5) is 11.4 Å². The van der Waals surface area contributed by atoms with E-state index in [0.29, 0.717) is 0 Å². The molecule has 0 atom stereocenters. The number of nitro groups is 1. The average Bonchev–Trinajstić information content (AvgIpc) is 2.97. The molecule has 0 aliphatic carbocycles. The number of hydrogen-bond donors (Lipinski definition) is 0. The molecule has 0 bridgehead atoms. The van der Waals surface area contributed by atoms with E-state index in [-0.39, 0.29) is 5.69 Å². The predicted molar refractivity (Wildman–Crippen MR) is 95.1 cm³/mol. The van der Waals surface area contributed by atoms with Crippen LogP contribution in [0.2, 0.25) is 0 Å². The van der Waals surface area contributed by atoms with Gasteiger partial charge in [0, 0.05) is 44.5 Å². The van der Waals surface area contributed by atoms with Gasteiger partial charge in [0.25, 0.3) is 5.69 Å². The van der Waals surface area contributed by atoms with Gasteiger partial charge in [-0.3, -0.25) is 14.8 Å². The Kier molecular flexibility index (Phi) is 4.04. The molecule has 6 nitrogen and oxygen atoms in total. The minimum Gasteiger partial charge on any atom is -0.378 e. The molecule has 0 aliphatic rings. The summed E-state index contributed by atoms with van der Waals surface area (Å²) in [5.74, 6) is 0. The lowest BCUT2D eigenvalue weighted by atomic mass is 10.1. The number of aromatic nitrogens is 2. The second-order valence-corrected chi connectivity index (χ2v) is 5.78. The van der Waals surface area contributed by atoms with Crippen molar-refractivity contribution in [2.75, 3.05) is 19.0 Å². The summed E-state index contributed by atoms with van der Waals surface area (Å²) < 4.78 is 1.82. The quantitative estimate of drug-likeness (QED) is 0.542. The maximum absolute atomic E-state index is 10.7. The lowest BCUT2D eigenvalue weighted by Crippen LogP contribution is -2.08. The molecule has 0 saturated carbocycles. The first-order chi connectivity index (χ1) is 11.5. The van der Waals surface area contributed by atoms with E-state index < -0.39 is 4.92 Å². The summed E-state index contributed by atoms with van der Waals surface area (Å²) >= 11 is 0. The van der Waals surface area contributed by atoms with E-state index in [1.54, 1.807) is 12.1 Å². The molecular weight excluding hydrogens is 304 g/mol. The molecule has 0 N–H and O–H groups in total. The first-order valence-corrected chi connectivity index (χ1v) is 7.52. The summed E-state index contributed by atoms with van der Waals surface area (Å²) in [5, 5.41) is 15.3. The maximum atomic E-state index is 10.7. The number of anilines is 1. The van der Waals surface area contributed by atoms with Gasteiger partial charge in [-0.15, -0.1) is 0 Å². The molecule has 122 valence electrons. The molecule has 1 aromatic heterocycles. The third-order valence-corrected chi connectivity index (χ3v) is 3.93. The Morgan fingerprint density at radius 1 is 1.00 bits per heavy atom. The molecule has 3 aromatic rings. The molecule has 0 unspecified atom stereocenters. The Morgan fingerprint density at radius 2 is 1.58 bits per heavy atom. The summed E-state index contributed by atoms with van der Waals surface area (Å²) in [4.78, 5) is 12.4. The van der Waals surface area contributed by atoms with Crippen molar-refractivity contribution >= 4 is 11.4 Å². The van der Waals surface area contributed by atoms with Crippen molar-refractivity contribution in [3.05, 3.63) is 64.7 Å². The highest BCUT2D eigenvalue weighted by atomic mass is 16.6. The molecule has 0 aliphatic heterocycles. The molecule has 0 radical (unpaired) electrons. The molecule has 0 spiro atoms. The van der Waals surface area contributed by atoms with Gasteiger partial charge in [0.05, 0.1) is 16.3 Å². The first-order valence-electron chi connectivity index (χ1n) is 7.52. The Morgan fingerprint density at radius 3 is 2.12 bits per heavy atom. The van der Waals surface area contributed by atoms with Crippen LogP contribution in [-0.2, 0) is 7.05 Å². The van der Waals surface area contributed by atoms with E-state index in [9.17, 15) is 10.1 Å². The van der Waals surface area contributed by atoms with Gasteiger partial charge in [0.1, 0.15) is 0 Å². The van der Waals surface area contributed by atoms with E-state index in [0.717, 1.165) is 28.2 Å². The summed E-state index contributed by atoms with van der Waals surface area (Å²) in [7, 11) is 5.90. The fourth-order valence-electron chi connectivity index (χ4n) is 2.56. The molecule has 2 aromatic carbocycles. The Labute approximate surface area is 140 Å². The van der Waals surface area contributed by atoms with Crippen LogP contribution in [0.5, 0.6) is 0 Å². The molecule has 24 heavy (non-hydrogen) atoms. The summed E-state index contributed by atoms with van der Waals surface area (Å²) in [6.45, 7) is 0. The van der Waals surface area contributed by atoms with Crippen molar-refractivity contribution in [3.63, 3.8) is 0 Å². The number of non-ortho nitro benzene ring substituents is 1. The Balaban J connectivity index is 1.93. The minimum absolute atomic E-state index is 0.0779. The van der Waals surface area contributed by atoms with Gasteiger partial charge >= 0.3 is 0 Å². The number of nitro benzene ring substituents is 1.